The summed E-state index contributed by atoms with van der Waals surface area (Å²) in [5.41, 5.74) is 0. The van der Waals surface area contributed by atoms with Crippen LogP contribution < -0.4 is 10.6 Å². The number of thiophene rings is 1. The van der Waals surface area contributed by atoms with Crippen LogP contribution in [0.1, 0.15) is 35.1 Å². The lowest BCUT2D eigenvalue weighted by Crippen LogP contribution is -2.39. The number of halogens is 1. The van der Waals surface area contributed by atoms with Crippen LogP contribution in [0, 0.1) is 6.92 Å². The van der Waals surface area contributed by atoms with Gasteiger partial charge in [-0.15, -0.1) is 35.3 Å². The molecule has 0 aliphatic rings. The molecule has 3 aromatic heterocycles. The van der Waals surface area contributed by atoms with Gasteiger partial charge in [-0.05, 0) is 49.6 Å². The van der Waals surface area contributed by atoms with E-state index in [9.17, 15) is 0 Å². The minimum absolute atomic E-state index is 0. The van der Waals surface area contributed by atoms with Gasteiger partial charge in [0.05, 0.1) is 18.8 Å². The maximum atomic E-state index is 5.70. The monoisotopic (exact) mass is 485 g/mol. The molecule has 26 heavy (non-hydrogen) atoms. The number of aryl methyl sites for hydroxylation is 1. The van der Waals surface area contributed by atoms with Crippen molar-refractivity contribution in [2.75, 3.05) is 6.54 Å². The summed E-state index contributed by atoms with van der Waals surface area (Å²) in [4.78, 5) is 5.92. The summed E-state index contributed by atoms with van der Waals surface area (Å²) in [7, 11) is 0. The zero-order valence-corrected chi connectivity index (χ0v) is 18.0. The molecule has 0 fully saturated rings. The molecule has 3 rings (SSSR count). The highest BCUT2D eigenvalue weighted by Crippen LogP contribution is 2.15. The molecule has 140 valence electrons. The second kappa shape index (κ2) is 10.4. The average molecular weight is 485 g/mol. The number of nitrogens with zero attached hydrogens (tertiary/aromatic N) is 1. The average Bonchev–Trinajstić information content (AvgIpc) is 3.35. The normalized spacial score (nSPS) is 12.5. The first kappa shape index (κ1) is 20.6. The van der Waals surface area contributed by atoms with Crippen LogP contribution in [0.3, 0.4) is 0 Å². The van der Waals surface area contributed by atoms with E-state index in [2.05, 4.69) is 34.0 Å². The fourth-order valence-corrected chi connectivity index (χ4v) is 3.06. The predicted octanol–water partition coefficient (Wildman–Crippen LogP) is 4.90. The van der Waals surface area contributed by atoms with Crippen molar-refractivity contribution in [1.82, 2.24) is 10.6 Å². The highest BCUT2D eigenvalue weighted by atomic mass is 127. The summed E-state index contributed by atoms with van der Waals surface area (Å²) in [6.45, 7) is 5.40. The van der Waals surface area contributed by atoms with Gasteiger partial charge in [-0.25, -0.2) is 4.99 Å². The molecule has 0 aliphatic carbocycles. The molecule has 1 atom stereocenters. The van der Waals surface area contributed by atoms with Gasteiger partial charge in [0.25, 0.3) is 0 Å². The molecule has 3 aromatic rings. The summed E-state index contributed by atoms with van der Waals surface area (Å²) >= 11 is 1.71. The number of hydrogen-bond acceptors (Lipinski definition) is 4. The molecular weight excluding hydrogens is 461 g/mol. The Kier molecular flexibility index (Phi) is 8.24. The molecule has 7 heteroatoms. The first-order valence-electron chi connectivity index (χ1n) is 8.36. The smallest absolute Gasteiger partial charge is 0.192 e. The molecule has 0 amide bonds. The molecule has 0 aliphatic heterocycles. The second-order valence-electron chi connectivity index (χ2n) is 5.81. The van der Waals surface area contributed by atoms with Crippen LogP contribution in [0.4, 0.5) is 0 Å². The van der Waals surface area contributed by atoms with E-state index in [4.69, 9.17) is 8.83 Å². The highest BCUT2D eigenvalue weighted by Gasteiger charge is 2.11. The number of furan rings is 2. The van der Waals surface area contributed by atoms with Gasteiger partial charge in [0.2, 0.25) is 0 Å². The molecular formula is C19H24IN3O2S. The summed E-state index contributed by atoms with van der Waals surface area (Å²) in [6.07, 6.45) is 2.50. The lowest BCUT2D eigenvalue weighted by Gasteiger charge is -2.16. The van der Waals surface area contributed by atoms with Crippen molar-refractivity contribution >= 4 is 41.3 Å². The van der Waals surface area contributed by atoms with Crippen molar-refractivity contribution in [3.8, 4) is 0 Å². The predicted molar refractivity (Wildman–Crippen MR) is 116 cm³/mol. The van der Waals surface area contributed by atoms with Crippen LogP contribution in [0.15, 0.2) is 61.9 Å². The third-order valence-corrected chi connectivity index (χ3v) is 4.62. The van der Waals surface area contributed by atoms with E-state index >= 15 is 0 Å². The van der Waals surface area contributed by atoms with Gasteiger partial charge in [0.1, 0.15) is 17.3 Å². The Bertz CT molecular complexity index is 782. The van der Waals surface area contributed by atoms with E-state index in [-0.39, 0.29) is 30.0 Å². The number of rotatable bonds is 7. The standard InChI is InChI=1S/C19H23N3O2S.HI/c1-14-7-8-18(24-14)15(2)22-19(21-13-17-6-4-12-25-17)20-10-9-16-5-3-11-23-16;/h3-8,11-12,15H,9-10,13H2,1-2H3,(H2,20,21,22);1H. The topological polar surface area (TPSA) is 62.7 Å². The zero-order valence-electron chi connectivity index (χ0n) is 14.9. The maximum Gasteiger partial charge on any atom is 0.192 e. The van der Waals surface area contributed by atoms with E-state index < -0.39 is 0 Å². The molecule has 2 N–H and O–H groups in total. The Morgan fingerprint density at radius 2 is 2.12 bits per heavy atom. The summed E-state index contributed by atoms with van der Waals surface area (Å²) in [6, 6.07) is 12.0. The van der Waals surface area contributed by atoms with Crippen LogP contribution in [0.5, 0.6) is 0 Å². The first-order chi connectivity index (χ1) is 12.2. The van der Waals surface area contributed by atoms with E-state index in [1.54, 1.807) is 17.6 Å². The summed E-state index contributed by atoms with van der Waals surface area (Å²) in [5.74, 6) is 3.53. The molecule has 1 unspecified atom stereocenters. The Hall–Kier alpha value is -1.74. The van der Waals surface area contributed by atoms with Crippen LogP contribution in [0.25, 0.3) is 0 Å². The molecule has 0 radical (unpaired) electrons. The first-order valence-corrected chi connectivity index (χ1v) is 9.24. The van der Waals surface area contributed by atoms with Gasteiger partial charge in [-0.2, -0.15) is 0 Å². The Labute approximate surface area is 174 Å². The molecule has 5 nitrogen and oxygen atoms in total. The van der Waals surface area contributed by atoms with E-state index in [0.29, 0.717) is 6.54 Å². The number of nitrogens with one attached hydrogen (secondary N) is 2. The summed E-state index contributed by atoms with van der Waals surface area (Å²) in [5, 5.41) is 8.84. The van der Waals surface area contributed by atoms with Crippen molar-refractivity contribution in [1.29, 1.82) is 0 Å². The second-order valence-corrected chi connectivity index (χ2v) is 6.85. The van der Waals surface area contributed by atoms with Crippen LogP contribution in [0.2, 0.25) is 0 Å². The van der Waals surface area contributed by atoms with Crippen LogP contribution >= 0.6 is 35.3 Å². The van der Waals surface area contributed by atoms with Crippen LogP contribution in [-0.4, -0.2) is 12.5 Å². The van der Waals surface area contributed by atoms with E-state index in [0.717, 1.165) is 36.2 Å². The maximum absolute atomic E-state index is 5.70. The minimum Gasteiger partial charge on any atom is -0.469 e. The van der Waals surface area contributed by atoms with Gasteiger partial charge in [-0.3, -0.25) is 0 Å². The Balaban J connectivity index is 0.00000243. The number of hydrogen-bond donors (Lipinski definition) is 2. The molecule has 0 spiro atoms. The Morgan fingerprint density at radius 1 is 1.23 bits per heavy atom. The SMILES string of the molecule is Cc1ccc(C(C)NC(=NCc2cccs2)NCCc2ccco2)o1.I. The van der Waals surface area contributed by atoms with Crippen molar-refractivity contribution in [2.45, 2.75) is 32.9 Å². The van der Waals surface area contributed by atoms with Crippen molar-refractivity contribution in [3.63, 3.8) is 0 Å². The quantitative estimate of drug-likeness (QED) is 0.284. The fourth-order valence-electron chi connectivity index (χ4n) is 2.43. The lowest BCUT2D eigenvalue weighted by molar-refractivity contribution is 0.440. The molecule has 3 heterocycles. The molecule has 0 bridgehead atoms. The van der Waals surface area contributed by atoms with Gasteiger partial charge >= 0.3 is 0 Å². The number of guanidine groups is 1. The van der Waals surface area contributed by atoms with E-state index in [1.165, 1.54) is 4.88 Å². The van der Waals surface area contributed by atoms with Crippen molar-refractivity contribution in [2.24, 2.45) is 4.99 Å². The van der Waals surface area contributed by atoms with Gasteiger partial charge in [-0.1, -0.05) is 6.07 Å². The van der Waals surface area contributed by atoms with Crippen molar-refractivity contribution in [3.05, 3.63) is 70.2 Å². The molecule has 0 saturated heterocycles. The minimum atomic E-state index is 0. The summed E-state index contributed by atoms with van der Waals surface area (Å²) < 4.78 is 11.1. The third kappa shape index (κ3) is 6.21. The largest absolute Gasteiger partial charge is 0.469 e. The number of aliphatic imine (C=N–C) groups is 1. The highest BCUT2D eigenvalue weighted by molar-refractivity contribution is 14.0. The van der Waals surface area contributed by atoms with Gasteiger partial charge < -0.3 is 19.5 Å². The van der Waals surface area contributed by atoms with E-state index in [1.807, 2.05) is 37.3 Å². The molecule has 0 saturated carbocycles. The van der Waals surface area contributed by atoms with Crippen LogP contribution in [-0.2, 0) is 13.0 Å². The van der Waals surface area contributed by atoms with Gasteiger partial charge in [0.15, 0.2) is 5.96 Å². The zero-order chi connectivity index (χ0) is 17.5. The molecule has 0 aromatic carbocycles. The van der Waals surface area contributed by atoms with Gasteiger partial charge in [0, 0.05) is 17.8 Å². The lowest BCUT2D eigenvalue weighted by atomic mass is 10.2. The van der Waals surface area contributed by atoms with Crippen molar-refractivity contribution < 1.29 is 8.83 Å². The fraction of sp³-hybridized carbons (Fsp3) is 0.316. The third-order valence-electron chi connectivity index (χ3n) is 3.76. The Morgan fingerprint density at radius 3 is 2.77 bits per heavy atom.